The monoisotopic (exact) mass is 195 g/mol. The van der Waals surface area contributed by atoms with Crippen LogP contribution in [0.3, 0.4) is 0 Å². The van der Waals surface area contributed by atoms with E-state index in [1.807, 2.05) is 13.8 Å². The van der Waals surface area contributed by atoms with E-state index in [0.717, 1.165) is 5.56 Å². The maximum atomic E-state index is 10.6. The normalized spacial score (nSPS) is 10.6. The van der Waals surface area contributed by atoms with Gasteiger partial charge in [-0.3, -0.25) is 10.1 Å². The van der Waals surface area contributed by atoms with Crippen molar-refractivity contribution < 1.29 is 10.0 Å². The molecule has 0 bridgehead atoms. The highest BCUT2D eigenvalue weighted by atomic mass is 16.6. The van der Waals surface area contributed by atoms with Crippen molar-refractivity contribution in [1.29, 1.82) is 0 Å². The van der Waals surface area contributed by atoms with Crippen LogP contribution in [-0.4, -0.2) is 10.0 Å². The second-order valence-electron chi connectivity index (χ2n) is 3.50. The van der Waals surface area contributed by atoms with E-state index in [9.17, 15) is 10.1 Å². The molecule has 1 rings (SSSR count). The van der Waals surface area contributed by atoms with Gasteiger partial charge in [-0.05, 0) is 17.0 Å². The van der Waals surface area contributed by atoms with E-state index in [0.29, 0.717) is 5.56 Å². The largest absolute Gasteiger partial charge is 0.392 e. The summed E-state index contributed by atoms with van der Waals surface area (Å²) in [5, 5.41) is 19.5. The minimum atomic E-state index is -0.439. The number of aliphatic hydroxyl groups is 1. The summed E-state index contributed by atoms with van der Waals surface area (Å²) in [6.45, 7) is 3.75. The number of hydrogen-bond donors (Lipinski definition) is 1. The number of nitrogens with zero attached hydrogens (tertiary/aromatic N) is 1. The Kier molecular flexibility index (Phi) is 3.19. The minimum absolute atomic E-state index is 0.0419. The lowest BCUT2D eigenvalue weighted by molar-refractivity contribution is -0.385. The standard InChI is InChI=1S/C10H13NO3/c1-7(2)9-3-8(6-12)4-10(5-9)11(13)14/h3-5,7,12H,6H2,1-2H3. The first-order valence-electron chi connectivity index (χ1n) is 4.43. The topological polar surface area (TPSA) is 63.4 Å². The Morgan fingerprint density at radius 2 is 2.07 bits per heavy atom. The molecule has 0 radical (unpaired) electrons. The second kappa shape index (κ2) is 4.19. The van der Waals surface area contributed by atoms with E-state index in [1.165, 1.54) is 6.07 Å². The Morgan fingerprint density at radius 1 is 1.43 bits per heavy atom. The molecule has 1 aromatic carbocycles. The molecule has 0 aliphatic heterocycles. The van der Waals surface area contributed by atoms with Gasteiger partial charge in [0.1, 0.15) is 0 Å². The molecule has 0 spiro atoms. The second-order valence-corrected chi connectivity index (χ2v) is 3.50. The van der Waals surface area contributed by atoms with Gasteiger partial charge < -0.3 is 5.11 Å². The number of hydrogen-bond acceptors (Lipinski definition) is 3. The molecule has 0 unspecified atom stereocenters. The fourth-order valence-electron chi connectivity index (χ4n) is 1.23. The van der Waals surface area contributed by atoms with Gasteiger partial charge in [0.25, 0.3) is 5.69 Å². The molecule has 0 fully saturated rings. The molecule has 0 aromatic heterocycles. The summed E-state index contributed by atoms with van der Waals surface area (Å²) in [7, 11) is 0. The Bertz CT molecular complexity index is 347. The van der Waals surface area contributed by atoms with Crippen molar-refractivity contribution in [1.82, 2.24) is 0 Å². The molecule has 4 nitrogen and oxygen atoms in total. The molecule has 0 saturated heterocycles. The van der Waals surface area contributed by atoms with Crippen LogP contribution in [0.15, 0.2) is 18.2 Å². The Hall–Kier alpha value is -1.42. The zero-order valence-corrected chi connectivity index (χ0v) is 8.23. The summed E-state index contributed by atoms with van der Waals surface area (Å²) in [5.41, 5.74) is 1.51. The van der Waals surface area contributed by atoms with Crippen molar-refractivity contribution in [3.8, 4) is 0 Å². The van der Waals surface area contributed by atoms with Crippen LogP contribution in [0.5, 0.6) is 0 Å². The van der Waals surface area contributed by atoms with Crippen molar-refractivity contribution in [2.75, 3.05) is 0 Å². The van der Waals surface area contributed by atoms with Crippen LogP contribution in [0.4, 0.5) is 5.69 Å². The third-order valence-corrected chi connectivity index (χ3v) is 2.06. The van der Waals surface area contributed by atoms with Crippen LogP contribution in [0.2, 0.25) is 0 Å². The number of non-ortho nitro benzene ring substituents is 1. The third kappa shape index (κ3) is 2.29. The lowest BCUT2D eigenvalue weighted by Crippen LogP contribution is -1.96. The van der Waals surface area contributed by atoms with Crippen molar-refractivity contribution in [2.45, 2.75) is 26.4 Å². The summed E-state index contributed by atoms with van der Waals surface area (Å²) >= 11 is 0. The Morgan fingerprint density at radius 3 is 2.50 bits per heavy atom. The molecule has 1 N–H and O–H groups in total. The number of benzene rings is 1. The van der Waals surface area contributed by atoms with Gasteiger partial charge in [0, 0.05) is 12.1 Å². The SMILES string of the molecule is CC(C)c1cc(CO)cc([N+](=O)[O-])c1. The number of nitro groups is 1. The molecule has 76 valence electrons. The Labute approximate surface area is 82.3 Å². The van der Waals surface area contributed by atoms with E-state index in [1.54, 1.807) is 12.1 Å². The quantitative estimate of drug-likeness (QED) is 0.594. The number of nitro benzene ring substituents is 1. The molecule has 0 atom stereocenters. The number of rotatable bonds is 3. The summed E-state index contributed by atoms with van der Waals surface area (Å²) in [5.74, 6) is 0.222. The van der Waals surface area contributed by atoms with E-state index in [4.69, 9.17) is 5.11 Å². The van der Waals surface area contributed by atoms with Crippen molar-refractivity contribution in [3.05, 3.63) is 39.4 Å². The average Bonchev–Trinajstić information content (AvgIpc) is 2.16. The zero-order chi connectivity index (χ0) is 10.7. The fraction of sp³-hybridized carbons (Fsp3) is 0.400. The van der Waals surface area contributed by atoms with Crippen LogP contribution < -0.4 is 0 Å². The lowest BCUT2D eigenvalue weighted by Gasteiger charge is -2.06. The molecule has 14 heavy (non-hydrogen) atoms. The van der Waals surface area contributed by atoms with Gasteiger partial charge in [0.15, 0.2) is 0 Å². The predicted molar refractivity (Wildman–Crippen MR) is 53.1 cm³/mol. The molecule has 0 aliphatic carbocycles. The smallest absolute Gasteiger partial charge is 0.270 e. The van der Waals surface area contributed by atoms with E-state index < -0.39 is 4.92 Å². The highest BCUT2D eigenvalue weighted by Gasteiger charge is 2.10. The third-order valence-electron chi connectivity index (χ3n) is 2.06. The van der Waals surface area contributed by atoms with E-state index >= 15 is 0 Å². The van der Waals surface area contributed by atoms with Gasteiger partial charge in [-0.2, -0.15) is 0 Å². The molecule has 0 amide bonds. The maximum Gasteiger partial charge on any atom is 0.270 e. The van der Waals surface area contributed by atoms with Gasteiger partial charge in [-0.25, -0.2) is 0 Å². The first-order valence-corrected chi connectivity index (χ1v) is 4.43. The molecule has 1 aromatic rings. The Balaban J connectivity index is 3.20. The van der Waals surface area contributed by atoms with E-state index in [-0.39, 0.29) is 18.2 Å². The summed E-state index contributed by atoms with van der Waals surface area (Å²) < 4.78 is 0. The van der Waals surface area contributed by atoms with Crippen LogP contribution >= 0.6 is 0 Å². The lowest BCUT2D eigenvalue weighted by atomic mass is 10.0. The molecule has 0 saturated carbocycles. The predicted octanol–water partition coefficient (Wildman–Crippen LogP) is 2.21. The van der Waals surface area contributed by atoms with Crippen LogP contribution in [0.1, 0.15) is 30.9 Å². The molecule has 4 heteroatoms. The fourth-order valence-corrected chi connectivity index (χ4v) is 1.23. The van der Waals surface area contributed by atoms with E-state index in [2.05, 4.69) is 0 Å². The van der Waals surface area contributed by atoms with Crippen molar-refractivity contribution in [3.63, 3.8) is 0 Å². The molecular weight excluding hydrogens is 182 g/mol. The zero-order valence-electron chi connectivity index (χ0n) is 8.23. The van der Waals surface area contributed by atoms with Crippen molar-refractivity contribution in [2.24, 2.45) is 0 Å². The van der Waals surface area contributed by atoms with Gasteiger partial charge in [-0.1, -0.05) is 19.9 Å². The highest BCUT2D eigenvalue weighted by molar-refractivity contribution is 5.40. The van der Waals surface area contributed by atoms with Crippen molar-refractivity contribution >= 4 is 5.69 Å². The van der Waals surface area contributed by atoms with Gasteiger partial charge in [0.2, 0.25) is 0 Å². The first-order chi connectivity index (χ1) is 6.54. The summed E-state index contributed by atoms with van der Waals surface area (Å²) in [6.07, 6.45) is 0. The molecular formula is C10H13NO3. The van der Waals surface area contributed by atoms with Gasteiger partial charge >= 0.3 is 0 Å². The first kappa shape index (κ1) is 10.7. The van der Waals surface area contributed by atoms with Crippen LogP contribution in [0, 0.1) is 10.1 Å². The van der Waals surface area contributed by atoms with Gasteiger partial charge in [-0.15, -0.1) is 0 Å². The van der Waals surface area contributed by atoms with Crippen LogP contribution in [-0.2, 0) is 6.61 Å². The minimum Gasteiger partial charge on any atom is -0.392 e. The van der Waals surface area contributed by atoms with Crippen LogP contribution in [0.25, 0.3) is 0 Å². The molecule has 0 heterocycles. The summed E-state index contributed by atoms with van der Waals surface area (Å²) in [6, 6.07) is 4.73. The highest BCUT2D eigenvalue weighted by Crippen LogP contribution is 2.22. The maximum absolute atomic E-state index is 10.6. The molecule has 0 aliphatic rings. The number of aliphatic hydroxyl groups excluding tert-OH is 1. The van der Waals surface area contributed by atoms with Gasteiger partial charge in [0.05, 0.1) is 11.5 Å². The summed E-state index contributed by atoms with van der Waals surface area (Å²) in [4.78, 5) is 10.1. The average molecular weight is 195 g/mol.